The lowest BCUT2D eigenvalue weighted by atomic mass is 10.00. The number of nitrogens with two attached hydrogens (primary N) is 1. The van der Waals surface area contributed by atoms with Crippen molar-refractivity contribution in [2.45, 2.75) is 12.5 Å². The first-order valence-electron chi connectivity index (χ1n) is 5.83. The third kappa shape index (κ3) is 3.25. The van der Waals surface area contributed by atoms with Gasteiger partial charge in [-0.2, -0.15) is 0 Å². The van der Waals surface area contributed by atoms with Crippen LogP contribution in [0.4, 0.5) is 0 Å². The van der Waals surface area contributed by atoms with Crippen LogP contribution in [0.2, 0.25) is 5.02 Å². The zero-order valence-corrected chi connectivity index (χ0v) is 11.0. The maximum absolute atomic E-state index is 6.18. The van der Waals surface area contributed by atoms with Gasteiger partial charge >= 0.3 is 0 Å². The lowest BCUT2D eigenvalue weighted by Gasteiger charge is -2.13. The van der Waals surface area contributed by atoms with Gasteiger partial charge in [0.2, 0.25) is 0 Å². The van der Waals surface area contributed by atoms with Crippen molar-refractivity contribution in [3.05, 3.63) is 64.7 Å². The van der Waals surface area contributed by atoms with Gasteiger partial charge in [0, 0.05) is 11.1 Å². The molecule has 2 N–H and O–H groups in total. The molecule has 0 aliphatic carbocycles. The van der Waals surface area contributed by atoms with Crippen molar-refractivity contribution in [1.29, 1.82) is 0 Å². The van der Waals surface area contributed by atoms with Gasteiger partial charge in [-0.15, -0.1) is 0 Å². The van der Waals surface area contributed by atoms with E-state index in [1.807, 2.05) is 42.5 Å². The Bertz CT molecular complexity index is 510. The van der Waals surface area contributed by atoms with Gasteiger partial charge in [-0.3, -0.25) is 0 Å². The predicted octanol–water partition coefficient (Wildman–Crippen LogP) is 3.59. The van der Waals surface area contributed by atoms with E-state index in [0.29, 0.717) is 0 Å². The minimum atomic E-state index is -0.0330. The van der Waals surface area contributed by atoms with Gasteiger partial charge in [0.05, 0.1) is 7.11 Å². The number of hydrogen-bond acceptors (Lipinski definition) is 2. The molecule has 0 fully saturated rings. The van der Waals surface area contributed by atoms with E-state index in [2.05, 4.69) is 6.07 Å². The molecular weight excluding hydrogens is 246 g/mol. The summed E-state index contributed by atoms with van der Waals surface area (Å²) in [5, 5.41) is 0.729. The van der Waals surface area contributed by atoms with Crippen LogP contribution in [0.1, 0.15) is 17.2 Å². The molecule has 0 spiro atoms. The van der Waals surface area contributed by atoms with Crippen LogP contribution in [-0.4, -0.2) is 7.11 Å². The zero-order chi connectivity index (χ0) is 13.0. The molecule has 0 saturated carbocycles. The van der Waals surface area contributed by atoms with Crippen molar-refractivity contribution in [2.24, 2.45) is 5.73 Å². The summed E-state index contributed by atoms with van der Waals surface area (Å²) in [5.41, 5.74) is 8.43. The molecule has 1 unspecified atom stereocenters. The van der Waals surface area contributed by atoms with Crippen LogP contribution in [0, 0.1) is 0 Å². The first-order chi connectivity index (χ1) is 8.69. The van der Waals surface area contributed by atoms with E-state index in [0.717, 1.165) is 28.3 Å². The van der Waals surface area contributed by atoms with E-state index in [4.69, 9.17) is 22.1 Å². The summed E-state index contributed by atoms with van der Waals surface area (Å²) in [6.07, 6.45) is 0.777. The van der Waals surface area contributed by atoms with Crippen molar-refractivity contribution in [3.8, 4) is 5.75 Å². The third-order valence-corrected chi connectivity index (χ3v) is 3.14. The fourth-order valence-corrected chi connectivity index (χ4v) is 2.01. The molecule has 2 aromatic carbocycles. The fraction of sp³-hybridized carbons (Fsp3) is 0.200. The number of halogens is 1. The molecule has 0 bridgehead atoms. The Morgan fingerprint density at radius 2 is 1.89 bits per heavy atom. The number of benzene rings is 2. The Labute approximate surface area is 112 Å². The second-order valence-corrected chi connectivity index (χ2v) is 4.65. The number of rotatable bonds is 4. The summed E-state index contributed by atoms with van der Waals surface area (Å²) in [6.45, 7) is 0. The van der Waals surface area contributed by atoms with Gasteiger partial charge < -0.3 is 10.5 Å². The van der Waals surface area contributed by atoms with Crippen LogP contribution in [0.15, 0.2) is 48.5 Å². The summed E-state index contributed by atoms with van der Waals surface area (Å²) in [6, 6.07) is 15.6. The highest BCUT2D eigenvalue weighted by Crippen LogP contribution is 2.20. The maximum atomic E-state index is 6.18. The second kappa shape index (κ2) is 5.89. The number of hydrogen-bond donors (Lipinski definition) is 1. The molecule has 2 aromatic rings. The molecular formula is C15H16ClNO. The smallest absolute Gasteiger partial charge is 0.119 e. The summed E-state index contributed by atoms with van der Waals surface area (Å²) in [5.74, 6) is 0.857. The van der Waals surface area contributed by atoms with Crippen LogP contribution >= 0.6 is 11.6 Å². The van der Waals surface area contributed by atoms with Gasteiger partial charge in [0.15, 0.2) is 0 Å². The molecule has 0 aromatic heterocycles. The van der Waals surface area contributed by atoms with Gasteiger partial charge in [-0.1, -0.05) is 35.9 Å². The predicted molar refractivity (Wildman–Crippen MR) is 75.1 cm³/mol. The number of ether oxygens (including phenoxy) is 1. The standard InChI is InChI=1S/C15H16ClNO/c1-18-14-4-2-3-11(9-14)10-15(17)12-5-7-13(16)8-6-12/h2-9,15H,10,17H2,1H3. The molecule has 0 amide bonds. The molecule has 0 radical (unpaired) electrons. The lowest BCUT2D eigenvalue weighted by Crippen LogP contribution is -2.13. The van der Waals surface area contributed by atoms with E-state index in [-0.39, 0.29) is 6.04 Å². The molecule has 18 heavy (non-hydrogen) atoms. The number of methoxy groups -OCH3 is 1. The second-order valence-electron chi connectivity index (χ2n) is 4.21. The Balaban J connectivity index is 2.10. The minimum absolute atomic E-state index is 0.0330. The van der Waals surface area contributed by atoms with Gasteiger partial charge in [-0.25, -0.2) is 0 Å². The van der Waals surface area contributed by atoms with E-state index in [9.17, 15) is 0 Å². The third-order valence-electron chi connectivity index (χ3n) is 2.89. The first kappa shape index (κ1) is 12.9. The molecule has 0 heterocycles. The Hall–Kier alpha value is -1.51. The molecule has 2 rings (SSSR count). The van der Waals surface area contributed by atoms with Gasteiger partial charge in [0.1, 0.15) is 5.75 Å². The fourth-order valence-electron chi connectivity index (χ4n) is 1.88. The van der Waals surface area contributed by atoms with E-state index in [1.54, 1.807) is 7.11 Å². The van der Waals surface area contributed by atoms with Crippen LogP contribution in [0.25, 0.3) is 0 Å². The highest BCUT2D eigenvalue weighted by molar-refractivity contribution is 6.30. The summed E-state index contributed by atoms with van der Waals surface area (Å²) in [4.78, 5) is 0. The molecule has 1 atom stereocenters. The monoisotopic (exact) mass is 261 g/mol. The minimum Gasteiger partial charge on any atom is -0.497 e. The SMILES string of the molecule is COc1cccc(CC(N)c2ccc(Cl)cc2)c1. The Kier molecular flexibility index (Phi) is 4.24. The molecule has 2 nitrogen and oxygen atoms in total. The van der Waals surface area contributed by atoms with Crippen molar-refractivity contribution >= 4 is 11.6 Å². The highest BCUT2D eigenvalue weighted by Gasteiger charge is 2.07. The van der Waals surface area contributed by atoms with Crippen molar-refractivity contribution < 1.29 is 4.74 Å². The van der Waals surface area contributed by atoms with E-state index in [1.165, 1.54) is 0 Å². The zero-order valence-electron chi connectivity index (χ0n) is 10.3. The summed E-state index contributed by atoms with van der Waals surface area (Å²) < 4.78 is 5.20. The molecule has 94 valence electrons. The van der Waals surface area contributed by atoms with Crippen LogP contribution in [0.3, 0.4) is 0 Å². The topological polar surface area (TPSA) is 35.2 Å². The molecule has 3 heteroatoms. The highest BCUT2D eigenvalue weighted by atomic mass is 35.5. The van der Waals surface area contributed by atoms with Gasteiger partial charge in [-0.05, 0) is 41.8 Å². The summed E-state index contributed by atoms with van der Waals surface area (Å²) >= 11 is 5.86. The van der Waals surface area contributed by atoms with Crippen LogP contribution in [-0.2, 0) is 6.42 Å². The Morgan fingerprint density at radius 3 is 2.56 bits per heavy atom. The quantitative estimate of drug-likeness (QED) is 0.913. The molecule has 0 aliphatic rings. The average molecular weight is 262 g/mol. The average Bonchev–Trinajstić information content (AvgIpc) is 2.39. The normalized spacial score (nSPS) is 12.2. The van der Waals surface area contributed by atoms with Crippen molar-refractivity contribution in [1.82, 2.24) is 0 Å². The van der Waals surface area contributed by atoms with Crippen molar-refractivity contribution in [2.75, 3.05) is 7.11 Å². The van der Waals surface area contributed by atoms with E-state index >= 15 is 0 Å². The van der Waals surface area contributed by atoms with Crippen LogP contribution in [0.5, 0.6) is 5.75 Å². The van der Waals surface area contributed by atoms with Crippen molar-refractivity contribution in [3.63, 3.8) is 0 Å². The molecule has 0 aliphatic heterocycles. The van der Waals surface area contributed by atoms with E-state index < -0.39 is 0 Å². The van der Waals surface area contributed by atoms with Gasteiger partial charge in [0.25, 0.3) is 0 Å². The maximum Gasteiger partial charge on any atom is 0.119 e. The lowest BCUT2D eigenvalue weighted by molar-refractivity contribution is 0.414. The molecule has 0 saturated heterocycles. The largest absolute Gasteiger partial charge is 0.497 e. The Morgan fingerprint density at radius 1 is 1.17 bits per heavy atom. The first-order valence-corrected chi connectivity index (χ1v) is 6.21. The summed E-state index contributed by atoms with van der Waals surface area (Å²) in [7, 11) is 1.66. The van der Waals surface area contributed by atoms with Crippen LogP contribution < -0.4 is 10.5 Å².